The number of hydrogen-bond acceptors (Lipinski definition) is 2. The summed E-state index contributed by atoms with van der Waals surface area (Å²) in [5.41, 5.74) is 0. The van der Waals surface area contributed by atoms with Crippen LogP contribution in [0.2, 0.25) is 0 Å². The quantitative estimate of drug-likeness (QED) is 0.559. The van der Waals surface area contributed by atoms with Crippen LogP contribution in [-0.2, 0) is 0 Å². The summed E-state index contributed by atoms with van der Waals surface area (Å²) >= 11 is 7.72. The first-order chi connectivity index (χ1) is 10.9. The molecule has 124 valence electrons. The summed E-state index contributed by atoms with van der Waals surface area (Å²) in [7, 11) is 0. The van der Waals surface area contributed by atoms with Crippen LogP contribution in [0, 0.1) is 0 Å². The normalized spacial score (nSPS) is 13.1. The van der Waals surface area contributed by atoms with Crippen molar-refractivity contribution < 1.29 is 0 Å². The van der Waals surface area contributed by atoms with E-state index >= 15 is 0 Å². The summed E-state index contributed by atoms with van der Waals surface area (Å²) in [5.74, 6) is -2.42. The molecule has 1 nitrogen and oxygen atoms in total. The van der Waals surface area contributed by atoms with Gasteiger partial charge in [-0.25, -0.2) is 0 Å². The second kappa shape index (κ2) is 7.34. The van der Waals surface area contributed by atoms with Crippen molar-refractivity contribution >= 4 is 44.3 Å². The molecule has 0 saturated heterocycles. The molecule has 0 N–H and O–H groups in total. The molecule has 0 aliphatic heterocycles. The van der Waals surface area contributed by atoms with Crippen molar-refractivity contribution in [1.82, 2.24) is 4.90 Å². The third-order valence-corrected chi connectivity index (χ3v) is 13.3. The Morgan fingerprint density at radius 1 is 0.870 bits per heavy atom. The van der Waals surface area contributed by atoms with Crippen molar-refractivity contribution in [1.29, 1.82) is 0 Å². The van der Waals surface area contributed by atoms with Crippen LogP contribution in [-0.4, -0.2) is 35.6 Å². The van der Waals surface area contributed by atoms with Crippen LogP contribution in [0.1, 0.15) is 13.8 Å². The maximum absolute atomic E-state index is 5.82. The third-order valence-electron chi connectivity index (χ3n) is 4.39. The topological polar surface area (TPSA) is 3.24 Å². The van der Waals surface area contributed by atoms with Crippen molar-refractivity contribution in [2.75, 3.05) is 26.4 Å². The standard InChI is InChI=1S/C19H26NPS2/c1-5-20(6-2)19(22)23-21(3,4,17-13-9-7-10-14-17)18-15-11-8-12-16-18/h7-16H,5-6H2,1-4H3. The fourth-order valence-corrected chi connectivity index (χ4v) is 11.6. The van der Waals surface area contributed by atoms with Crippen LogP contribution in [0.5, 0.6) is 0 Å². The molecule has 0 aliphatic rings. The van der Waals surface area contributed by atoms with Gasteiger partial charge in [0.25, 0.3) is 0 Å². The first kappa shape index (κ1) is 18.4. The Kier molecular flexibility index (Phi) is 5.89. The van der Waals surface area contributed by atoms with Gasteiger partial charge >= 0.3 is 150 Å². The zero-order valence-electron chi connectivity index (χ0n) is 14.4. The van der Waals surface area contributed by atoms with Crippen LogP contribution in [0.25, 0.3) is 0 Å². The molecule has 0 unspecified atom stereocenters. The van der Waals surface area contributed by atoms with Gasteiger partial charge in [0.15, 0.2) is 0 Å². The van der Waals surface area contributed by atoms with E-state index in [1.165, 1.54) is 10.6 Å². The van der Waals surface area contributed by atoms with Gasteiger partial charge in [-0.15, -0.1) is 0 Å². The second-order valence-corrected chi connectivity index (χ2v) is 16.3. The van der Waals surface area contributed by atoms with Gasteiger partial charge in [0, 0.05) is 0 Å². The van der Waals surface area contributed by atoms with Gasteiger partial charge < -0.3 is 0 Å². The van der Waals surface area contributed by atoms with Crippen LogP contribution in [0.15, 0.2) is 60.7 Å². The van der Waals surface area contributed by atoms with Crippen molar-refractivity contribution in [3.63, 3.8) is 0 Å². The third kappa shape index (κ3) is 3.79. The van der Waals surface area contributed by atoms with E-state index in [9.17, 15) is 0 Å². The monoisotopic (exact) mass is 363 g/mol. The summed E-state index contributed by atoms with van der Waals surface area (Å²) in [5, 5.41) is 2.79. The van der Waals surface area contributed by atoms with Gasteiger partial charge in [0.2, 0.25) is 0 Å². The van der Waals surface area contributed by atoms with Crippen molar-refractivity contribution in [3.8, 4) is 0 Å². The van der Waals surface area contributed by atoms with Gasteiger partial charge in [-0.2, -0.15) is 0 Å². The first-order valence-electron chi connectivity index (χ1n) is 8.02. The zero-order valence-corrected chi connectivity index (χ0v) is 16.9. The zero-order chi connectivity index (χ0) is 16.9. The van der Waals surface area contributed by atoms with E-state index in [1.807, 2.05) is 11.4 Å². The van der Waals surface area contributed by atoms with Gasteiger partial charge in [-0.05, 0) is 0 Å². The van der Waals surface area contributed by atoms with E-state index in [-0.39, 0.29) is 0 Å². The summed E-state index contributed by atoms with van der Waals surface area (Å²) in [6.07, 6.45) is 0. The Hall–Kier alpha value is -0.890. The van der Waals surface area contributed by atoms with Crippen LogP contribution < -0.4 is 10.6 Å². The van der Waals surface area contributed by atoms with E-state index < -0.39 is 5.81 Å². The molecule has 0 amide bonds. The minimum absolute atomic E-state index is 0.957. The Balaban J connectivity index is 2.55. The Morgan fingerprint density at radius 2 is 1.26 bits per heavy atom. The molecule has 2 rings (SSSR count). The van der Waals surface area contributed by atoms with E-state index in [0.717, 1.165) is 17.4 Å². The van der Waals surface area contributed by atoms with Crippen LogP contribution >= 0.6 is 29.4 Å². The van der Waals surface area contributed by atoms with E-state index in [1.54, 1.807) is 0 Å². The average molecular weight is 364 g/mol. The molecule has 0 aromatic heterocycles. The van der Waals surface area contributed by atoms with Gasteiger partial charge in [-0.3, -0.25) is 0 Å². The van der Waals surface area contributed by atoms with Crippen LogP contribution in [0.4, 0.5) is 0 Å². The van der Waals surface area contributed by atoms with Crippen LogP contribution in [0.3, 0.4) is 0 Å². The molecule has 0 fully saturated rings. The predicted molar refractivity (Wildman–Crippen MR) is 114 cm³/mol. The molecule has 0 heterocycles. The molecule has 0 radical (unpaired) electrons. The summed E-state index contributed by atoms with van der Waals surface area (Å²) in [6, 6.07) is 21.7. The van der Waals surface area contributed by atoms with Crippen molar-refractivity contribution in [2.24, 2.45) is 0 Å². The molecule has 0 aliphatic carbocycles. The number of rotatable bonds is 5. The molecule has 2 aromatic carbocycles. The first-order valence-corrected chi connectivity index (χ1v) is 13.0. The fourth-order valence-electron chi connectivity index (χ4n) is 2.75. The molecular formula is C19H26NPS2. The summed E-state index contributed by atoms with van der Waals surface area (Å²) in [4.78, 5) is 2.28. The van der Waals surface area contributed by atoms with E-state index in [4.69, 9.17) is 12.2 Å². The maximum atomic E-state index is 5.82. The second-order valence-electron chi connectivity index (χ2n) is 6.20. The predicted octanol–water partition coefficient (Wildman–Crippen LogP) is 4.73. The molecule has 2 aromatic rings. The SMILES string of the molecule is CCN(CC)C(=S)SP(C)(C)(c1ccccc1)c1ccccc1. The van der Waals surface area contributed by atoms with E-state index in [0.29, 0.717) is 0 Å². The number of hydrogen-bond donors (Lipinski definition) is 0. The average Bonchev–Trinajstić information content (AvgIpc) is 2.57. The molecule has 0 spiro atoms. The van der Waals surface area contributed by atoms with Crippen molar-refractivity contribution in [2.45, 2.75) is 13.8 Å². The fraction of sp³-hybridized carbons (Fsp3) is 0.316. The summed E-state index contributed by atoms with van der Waals surface area (Å²) in [6.45, 7) is 11.1. The van der Waals surface area contributed by atoms with Gasteiger partial charge in [0.1, 0.15) is 0 Å². The van der Waals surface area contributed by atoms with Gasteiger partial charge in [0.05, 0.1) is 0 Å². The summed E-state index contributed by atoms with van der Waals surface area (Å²) < 4.78 is 1.00. The molecule has 0 bridgehead atoms. The van der Waals surface area contributed by atoms with Gasteiger partial charge in [-0.1, -0.05) is 0 Å². The molecule has 4 heteroatoms. The Bertz CT molecular complexity index is 608. The molecular weight excluding hydrogens is 337 g/mol. The molecule has 23 heavy (non-hydrogen) atoms. The van der Waals surface area contributed by atoms with E-state index in [2.05, 4.69) is 92.7 Å². The number of nitrogens with zero attached hydrogens (tertiary/aromatic N) is 1. The number of benzene rings is 2. The Labute approximate surface area is 150 Å². The molecule has 0 atom stereocenters. The minimum atomic E-state index is -2.42. The number of thiocarbonyl (C=S) groups is 1. The molecule has 0 saturated carbocycles. The van der Waals surface area contributed by atoms with Crippen molar-refractivity contribution in [3.05, 3.63) is 60.7 Å². The Morgan fingerprint density at radius 3 is 1.61 bits per heavy atom.